The van der Waals surface area contributed by atoms with Crippen LogP contribution in [-0.4, -0.2) is 10.5 Å². The van der Waals surface area contributed by atoms with Crippen LogP contribution in [0.5, 0.6) is 0 Å². The SMILES string of the molecule is C=CC1=C(C)[N-]N2C(=C1C=C)c1ccc(C)cc1C(C)(C)C2Cl. The number of fused-ring (bicyclic) bond motifs is 3. The number of allylic oxidation sites excluding steroid dienone is 5. The fourth-order valence-corrected chi connectivity index (χ4v) is 3.70. The number of hydrogen-bond donors (Lipinski definition) is 0. The van der Waals surface area contributed by atoms with E-state index in [0.29, 0.717) is 0 Å². The van der Waals surface area contributed by atoms with Gasteiger partial charge in [0.05, 0.1) is 0 Å². The van der Waals surface area contributed by atoms with E-state index in [1.807, 2.05) is 24.1 Å². The molecule has 1 aromatic rings. The molecule has 0 bridgehead atoms. The van der Waals surface area contributed by atoms with E-state index in [1.54, 1.807) is 0 Å². The Morgan fingerprint density at radius 3 is 2.43 bits per heavy atom. The molecule has 0 aromatic heterocycles. The van der Waals surface area contributed by atoms with Crippen LogP contribution in [0.3, 0.4) is 0 Å². The summed E-state index contributed by atoms with van der Waals surface area (Å²) < 4.78 is 0. The third-order valence-corrected chi connectivity index (χ3v) is 5.50. The Balaban J connectivity index is 2.40. The summed E-state index contributed by atoms with van der Waals surface area (Å²) in [4.78, 5) is 0. The van der Waals surface area contributed by atoms with Gasteiger partial charge < -0.3 is 10.4 Å². The van der Waals surface area contributed by atoms with Crippen LogP contribution in [0.2, 0.25) is 0 Å². The monoisotopic (exact) mass is 325 g/mol. The molecule has 2 aliphatic rings. The van der Waals surface area contributed by atoms with Gasteiger partial charge in [-0.1, -0.05) is 81.4 Å². The van der Waals surface area contributed by atoms with E-state index in [9.17, 15) is 0 Å². The number of hydrogen-bond acceptors (Lipinski definition) is 1. The summed E-state index contributed by atoms with van der Waals surface area (Å²) in [5.74, 6) is 0. The van der Waals surface area contributed by atoms with Gasteiger partial charge in [-0.05, 0) is 18.1 Å². The summed E-state index contributed by atoms with van der Waals surface area (Å²) in [6, 6.07) is 6.53. The molecule has 2 nitrogen and oxygen atoms in total. The van der Waals surface area contributed by atoms with Crippen molar-refractivity contribution in [3.05, 3.63) is 82.5 Å². The molecule has 0 amide bonds. The zero-order chi connectivity index (χ0) is 16.9. The van der Waals surface area contributed by atoms with Gasteiger partial charge in [0.15, 0.2) is 0 Å². The van der Waals surface area contributed by atoms with Crippen molar-refractivity contribution < 1.29 is 0 Å². The van der Waals surface area contributed by atoms with Crippen LogP contribution >= 0.6 is 11.6 Å². The van der Waals surface area contributed by atoms with Crippen molar-refractivity contribution in [1.82, 2.24) is 5.01 Å². The minimum Gasteiger partial charge on any atom is -0.597 e. The van der Waals surface area contributed by atoms with Crippen LogP contribution in [0.4, 0.5) is 0 Å². The minimum absolute atomic E-state index is 0.214. The second-order valence-corrected chi connectivity index (χ2v) is 7.13. The molecule has 3 heteroatoms. The topological polar surface area (TPSA) is 17.3 Å². The summed E-state index contributed by atoms with van der Waals surface area (Å²) in [5.41, 5.74) is 11.9. The molecule has 1 aromatic carbocycles. The Bertz CT molecular complexity index is 768. The van der Waals surface area contributed by atoms with Crippen molar-refractivity contribution in [3.63, 3.8) is 0 Å². The predicted molar refractivity (Wildman–Crippen MR) is 99.1 cm³/mol. The highest BCUT2D eigenvalue weighted by Crippen LogP contribution is 2.51. The molecule has 0 aliphatic carbocycles. The summed E-state index contributed by atoms with van der Waals surface area (Å²) >= 11 is 6.86. The lowest BCUT2D eigenvalue weighted by Crippen LogP contribution is -2.47. The molecule has 3 rings (SSSR count). The van der Waals surface area contributed by atoms with Gasteiger partial charge in [-0.2, -0.15) is 0 Å². The second-order valence-electron chi connectivity index (χ2n) is 6.72. The highest BCUT2D eigenvalue weighted by atomic mass is 35.5. The third-order valence-electron chi connectivity index (χ3n) is 4.76. The van der Waals surface area contributed by atoms with Crippen molar-refractivity contribution in [1.29, 1.82) is 0 Å². The Hall–Kier alpha value is -1.93. The fourth-order valence-electron chi connectivity index (χ4n) is 3.44. The third kappa shape index (κ3) is 2.16. The number of halogens is 1. The smallest absolute Gasteiger partial charge is 0.101 e. The molecule has 0 saturated heterocycles. The summed E-state index contributed by atoms with van der Waals surface area (Å²) in [7, 11) is 0. The number of alkyl halides is 1. The Morgan fingerprint density at radius 1 is 1.17 bits per heavy atom. The van der Waals surface area contributed by atoms with Crippen molar-refractivity contribution in [2.45, 2.75) is 38.6 Å². The van der Waals surface area contributed by atoms with E-state index in [-0.39, 0.29) is 10.9 Å². The standard InChI is InChI=1S/C20H22ClN2/c1-7-14-13(4)22-23-18(15(14)8-2)16-10-9-12(3)11-17(16)20(5,6)19(23)21/h7-11,19H,1-2H2,3-6H3/q-1. The normalized spacial score (nSPS) is 22.3. The molecule has 0 radical (unpaired) electrons. The molecule has 0 saturated carbocycles. The largest absolute Gasteiger partial charge is 0.597 e. The summed E-state index contributed by atoms with van der Waals surface area (Å²) in [6.45, 7) is 16.4. The van der Waals surface area contributed by atoms with E-state index in [2.05, 4.69) is 52.1 Å². The van der Waals surface area contributed by atoms with Crippen LogP contribution in [0.15, 0.2) is 60.4 Å². The first-order valence-electron chi connectivity index (χ1n) is 7.79. The first kappa shape index (κ1) is 15.9. The average molecular weight is 326 g/mol. The molecule has 23 heavy (non-hydrogen) atoms. The van der Waals surface area contributed by atoms with Gasteiger partial charge in [-0.15, -0.1) is 5.70 Å². The average Bonchev–Trinajstić information content (AvgIpc) is 2.52. The van der Waals surface area contributed by atoms with Gasteiger partial charge in [0.25, 0.3) is 0 Å². The van der Waals surface area contributed by atoms with Gasteiger partial charge >= 0.3 is 0 Å². The molecule has 1 unspecified atom stereocenters. The maximum atomic E-state index is 6.86. The molecule has 0 N–H and O–H groups in total. The van der Waals surface area contributed by atoms with Gasteiger partial charge in [0.2, 0.25) is 0 Å². The van der Waals surface area contributed by atoms with E-state index in [1.165, 1.54) is 16.7 Å². The Labute approximate surface area is 143 Å². The molecule has 1 atom stereocenters. The fraction of sp³-hybridized carbons (Fsp3) is 0.300. The zero-order valence-electron chi connectivity index (χ0n) is 14.2. The maximum absolute atomic E-state index is 6.86. The maximum Gasteiger partial charge on any atom is 0.101 e. The van der Waals surface area contributed by atoms with Crippen LogP contribution in [0.25, 0.3) is 11.1 Å². The second kappa shape index (κ2) is 5.31. The lowest BCUT2D eigenvalue weighted by molar-refractivity contribution is 0.307. The lowest BCUT2D eigenvalue weighted by Gasteiger charge is -2.57. The predicted octanol–water partition coefficient (Wildman–Crippen LogP) is 5.81. The van der Waals surface area contributed by atoms with Crippen molar-refractivity contribution >= 4 is 17.3 Å². The van der Waals surface area contributed by atoms with Gasteiger partial charge in [-0.3, -0.25) is 0 Å². The van der Waals surface area contributed by atoms with E-state index in [0.717, 1.165) is 22.5 Å². The highest BCUT2D eigenvalue weighted by molar-refractivity contribution is 6.22. The first-order valence-corrected chi connectivity index (χ1v) is 8.23. The van der Waals surface area contributed by atoms with Crippen molar-refractivity contribution in [2.75, 3.05) is 0 Å². The van der Waals surface area contributed by atoms with Gasteiger partial charge in [0, 0.05) is 22.2 Å². The molecule has 2 aliphatic heterocycles. The summed E-state index contributed by atoms with van der Waals surface area (Å²) in [5, 5.41) is 1.94. The van der Waals surface area contributed by atoms with Gasteiger partial charge in [-0.25, -0.2) is 0 Å². The van der Waals surface area contributed by atoms with Crippen molar-refractivity contribution in [3.8, 4) is 0 Å². The quantitative estimate of drug-likeness (QED) is 0.495. The van der Waals surface area contributed by atoms with E-state index < -0.39 is 0 Å². The van der Waals surface area contributed by atoms with Gasteiger partial charge in [0.1, 0.15) is 5.50 Å². The molecule has 0 fully saturated rings. The minimum atomic E-state index is -0.261. The first-order chi connectivity index (χ1) is 10.8. The lowest BCUT2D eigenvalue weighted by atomic mass is 9.75. The number of benzene rings is 1. The Kier molecular flexibility index (Phi) is 3.68. The van der Waals surface area contributed by atoms with Crippen molar-refractivity contribution in [2.24, 2.45) is 0 Å². The number of nitrogens with zero attached hydrogens (tertiary/aromatic N) is 2. The molecular weight excluding hydrogens is 304 g/mol. The summed E-state index contributed by atoms with van der Waals surface area (Å²) in [6.07, 6.45) is 3.72. The molecule has 120 valence electrons. The van der Waals surface area contributed by atoms with E-state index in [4.69, 9.17) is 17.0 Å². The van der Waals surface area contributed by atoms with Crippen LogP contribution in [0, 0.1) is 6.92 Å². The zero-order valence-corrected chi connectivity index (χ0v) is 14.9. The number of aryl methyl sites for hydroxylation is 1. The van der Waals surface area contributed by atoms with Crippen LogP contribution in [0.1, 0.15) is 37.5 Å². The molecule has 0 spiro atoms. The molecular formula is C20H22ClN2-. The van der Waals surface area contributed by atoms with Crippen LogP contribution in [-0.2, 0) is 5.41 Å². The highest BCUT2D eigenvalue weighted by Gasteiger charge is 2.41. The number of rotatable bonds is 2. The van der Waals surface area contributed by atoms with E-state index >= 15 is 0 Å². The Morgan fingerprint density at radius 2 is 1.83 bits per heavy atom. The molecule has 2 heterocycles. The van der Waals surface area contributed by atoms with Crippen LogP contribution < -0.4 is 0 Å².